The molecule has 6 nitrogen and oxygen atoms in total. The number of anilines is 1. The van der Waals surface area contributed by atoms with E-state index in [9.17, 15) is 9.90 Å². The van der Waals surface area contributed by atoms with E-state index in [0.29, 0.717) is 17.4 Å². The number of aromatic hydroxyl groups is 1. The zero-order valence-corrected chi connectivity index (χ0v) is 21.8. The maximum absolute atomic E-state index is 12.6. The van der Waals surface area contributed by atoms with Crippen LogP contribution in [0.5, 0.6) is 11.5 Å². The Morgan fingerprint density at radius 1 is 1.14 bits per heavy atom. The van der Waals surface area contributed by atoms with E-state index in [1.807, 2.05) is 18.2 Å². The van der Waals surface area contributed by atoms with Crippen LogP contribution in [0.3, 0.4) is 0 Å². The first-order chi connectivity index (χ1) is 17.4. The molecule has 2 heterocycles. The Morgan fingerprint density at radius 3 is 2.58 bits per heavy atom. The number of rotatable bonds is 7. The van der Waals surface area contributed by atoms with Gasteiger partial charge in [-0.15, -0.1) is 0 Å². The second-order valence-corrected chi connectivity index (χ2v) is 10.6. The number of phenolic OH excluding ortho intramolecular Hbond substituents is 1. The van der Waals surface area contributed by atoms with Gasteiger partial charge in [-0.1, -0.05) is 17.7 Å². The highest BCUT2D eigenvalue weighted by atomic mass is 35.5. The molecule has 2 aromatic carbocycles. The Morgan fingerprint density at radius 2 is 1.89 bits per heavy atom. The van der Waals surface area contributed by atoms with E-state index >= 15 is 0 Å². The van der Waals surface area contributed by atoms with Gasteiger partial charge in [-0.3, -0.25) is 9.78 Å². The summed E-state index contributed by atoms with van der Waals surface area (Å²) in [5.74, 6) is 1.00. The lowest BCUT2D eigenvalue weighted by Crippen LogP contribution is -2.33. The van der Waals surface area contributed by atoms with Crippen LogP contribution >= 0.6 is 11.6 Å². The number of hydrogen-bond acceptors (Lipinski definition) is 6. The molecule has 5 rings (SSSR count). The molecule has 7 heteroatoms. The van der Waals surface area contributed by atoms with Gasteiger partial charge in [0.05, 0.1) is 28.9 Å². The second-order valence-electron chi connectivity index (χ2n) is 10.2. The number of likely N-dealkylation sites (tertiary alicyclic amines) is 1. The van der Waals surface area contributed by atoms with Crippen LogP contribution in [0.4, 0.5) is 5.69 Å². The third kappa shape index (κ3) is 5.16. The lowest BCUT2D eigenvalue weighted by molar-refractivity contribution is 0.101. The molecule has 2 N–H and O–H groups in total. The van der Waals surface area contributed by atoms with E-state index in [-0.39, 0.29) is 16.6 Å². The molecule has 1 aromatic heterocycles. The fraction of sp³-hybridized carbons (Fsp3) is 0.448. The quantitative estimate of drug-likeness (QED) is 0.354. The SMILES string of the molecule is COc1cc(-c2ccc3ncc(C(C)=O)c(N[C@H]4CC[C@H](CN5CCCC5)CC4)c3c2)cc(Cl)c1O. The first-order valence-corrected chi connectivity index (χ1v) is 13.3. The molecule has 0 amide bonds. The largest absolute Gasteiger partial charge is 0.503 e. The van der Waals surface area contributed by atoms with E-state index in [1.165, 1.54) is 52.4 Å². The summed E-state index contributed by atoms with van der Waals surface area (Å²) in [6.45, 7) is 5.33. The number of ketones is 1. The lowest BCUT2D eigenvalue weighted by Gasteiger charge is -2.32. The maximum Gasteiger partial charge on any atom is 0.176 e. The number of ether oxygens (including phenoxy) is 1. The number of nitrogens with zero attached hydrogens (tertiary/aromatic N) is 2. The number of carbonyl (C=O) groups excluding carboxylic acids is 1. The number of aromatic nitrogens is 1. The Hall–Kier alpha value is -2.83. The highest BCUT2D eigenvalue weighted by Crippen LogP contribution is 2.40. The average molecular weight is 508 g/mol. The zero-order valence-electron chi connectivity index (χ0n) is 21.0. The van der Waals surface area contributed by atoms with Crippen LogP contribution in [0, 0.1) is 5.92 Å². The molecule has 190 valence electrons. The molecule has 0 bridgehead atoms. The molecule has 2 fully saturated rings. The van der Waals surface area contributed by atoms with E-state index in [1.54, 1.807) is 25.3 Å². The van der Waals surface area contributed by atoms with Crippen molar-refractivity contribution in [2.24, 2.45) is 5.92 Å². The third-order valence-electron chi connectivity index (χ3n) is 7.74. The van der Waals surface area contributed by atoms with Crippen molar-refractivity contribution >= 4 is 34.0 Å². The summed E-state index contributed by atoms with van der Waals surface area (Å²) < 4.78 is 5.29. The Kier molecular flexibility index (Phi) is 7.35. The predicted molar refractivity (Wildman–Crippen MR) is 145 cm³/mol. The summed E-state index contributed by atoms with van der Waals surface area (Å²) in [6.07, 6.45) is 8.99. The van der Waals surface area contributed by atoms with Crippen molar-refractivity contribution in [3.63, 3.8) is 0 Å². The smallest absolute Gasteiger partial charge is 0.176 e. The summed E-state index contributed by atoms with van der Waals surface area (Å²) >= 11 is 6.26. The molecule has 0 radical (unpaired) electrons. The molecule has 1 saturated carbocycles. The normalized spacial score (nSPS) is 20.5. The standard InChI is InChI=1S/C29H34ClN3O3/c1-18(34)24-16-31-26-10-7-20(21-14-25(30)29(35)27(15-21)36-2)13-23(26)28(24)32-22-8-5-19(6-9-22)17-33-11-3-4-12-33/h7,10,13-16,19,22,35H,3-6,8-9,11-12,17H2,1-2H3,(H,31,32)/t19-,22-. The van der Waals surface area contributed by atoms with Gasteiger partial charge in [0, 0.05) is 24.2 Å². The van der Waals surface area contributed by atoms with Crippen molar-refractivity contribution in [1.29, 1.82) is 0 Å². The van der Waals surface area contributed by atoms with Crippen molar-refractivity contribution in [3.05, 3.63) is 47.1 Å². The van der Waals surface area contributed by atoms with Gasteiger partial charge in [-0.25, -0.2) is 0 Å². The van der Waals surface area contributed by atoms with Crippen LogP contribution in [0.25, 0.3) is 22.0 Å². The molecule has 1 aliphatic carbocycles. The van der Waals surface area contributed by atoms with Crippen molar-refractivity contribution < 1.29 is 14.6 Å². The zero-order chi connectivity index (χ0) is 25.2. The van der Waals surface area contributed by atoms with Crippen LogP contribution in [0.2, 0.25) is 5.02 Å². The van der Waals surface area contributed by atoms with Gasteiger partial charge < -0.3 is 20.1 Å². The Labute approximate surface area is 217 Å². The van der Waals surface area contributed by atoms with Crippen LogP contribution in [0.1, 0.15) is 55.8 Å². The van der Waals surface area contributed by atoms with Gasteiger partial charge >= 0.3 is 0 Å². The Bertz CT molecular complexity index is 1260. The molecular formula is C29H34ClN3O3. The third-order valence-corrected chi connectivity index (χ3v) is 8.03. The van der Waals surface area contributed by atoms with Gasteiger partial charge in [0.2, 0.25) is 0 Å². The van der Waals surface area contributed by atoms with Gasteiger partial charge in [0.25, 0.3) is 0 Å². The number of halogens is 1. The summed E-state index contributed by atoms with van der Waals surface area (Å²) in [5.41, 5.74) is 4.01. The molecule has 2 aliphatic rings. The first kappa shape index (κ1) is 24.8. The summed E-state index contributed by atoms with van der Waals surface area (Å²) in [5, 5.41) is 15.0. The topological polar surface area (TPSA) is 74.7 Å². The van der Waals surface area contributed by atoms with Gasteiger partial charge in [-0.05, 0) is 99.8 Å². The van der Waals surface area contributed by atoms with Crippen molar-refractivity contribution in [1.82, 2.24) is 9.88 Å². The van der Waals surface area contributed by atoms with Crippen LogP contribution in [-0.2, 0) is 0 Å². The summed E-state index contributed by atoms with van der Waals surface area (Å²) in [7, 11) is 1.50. The highest BCUT2D eigenvalue weighted by molar-refractivity contribution is 6.32. The first-order valence-electron chi connectivity index (χ1n) is 12.9. The number of benzene rings is 2. The molecule has 36 heavy (non-hydrogen) atoms. The molecule has 3 aromatic rings. The fourth-order valence-electron chi connectivity index (χ4n) is 5.71. The monoisotopic (exact) mass is 507 g/mol. The molecule has 0 unspecified atom stereocenters. The number of methoxy groups -OCH3 is 1. The minimum Gasteiger partial charge on any atom is -0.503 e. The number of hydrogen-bond donors (Lipinski definition) is 2. The van der Waals surface area contributed by atoms with Crippen molar-refractivity contribution in [2.45, 2.75) is 51.5 Å². The van der Waals surface area contributed by atoms with Crippen LogP contribution in [-0.4, -0.2) is 53.6 Å². The van der Waals surface area contributed by atoms with Gasteiger partial charge in [0.15, 0.2) is 17.3 Å². The minimum atomic E-state index is -0.0769. The second kappa shape index (κ2) is 10.7. The van der Waals surface area contributed by atoms with E-state index in [0.717, 1.165) is 46.5 Å². The van der Waals surface area contributed by atoms with Crippen molar-refractivity contribution in [3.8, 4) is 22.6 Å². The summed E-state index contributed by atoms with van der Waals surface area (Å²) in [6, 6.07) is 9.78. The number of fused-ring (bicyclic) bond motifs is 1. The number of carbonyl (C=O) groups is 1. The number of pyridine rings is 1. The van der Waals surface area contributed by atoms with E-state index in [2.05, 4.69) is 15.2 Å². The van der Waals surface area contributed by atoms with Gasteiger partial charge in [-0.2, -0.15) is 0 Å². The highest BCUT2D eigenvalue weighted by Gasteiger charge is 2.25. The summed E-state index contributed by atoms with van der Waals surface area (Å²) in [4.78, 5) is 19.8. The number of phenols is 1. The maximum atomic E-state index is 12.6. The predicted octanol–water partition coefficient (Wildman–Crippen LogP) is 6.54. The number of nitrogens with one attached hydrogen (secondary N) is 1. The van der Waals surface area contributed by atoms with Crippen LogP contribution in [0.15, 0.2) is 36.5 Å². The number of Topliss-reactive ketones (excluding diaryl/α,β-unsaturated/α-hetero) is 1. The van der Waals surface area contributed by atoms with E-state index < -0.39 is 0 Å². The Balaban J connectivity index is 1.43. The molecule has 1 aliphatic heterocycles. The fourth-order valence-corrected chi connectivity index (χ4v) is 5.93. The molecular weight excluding hydrogens is 474 g/mol. The van der Waals surface area contributed by atoms with Crippen molar-refractivity contribution in [2.75, 3.05) is 32.1 Å². The van der Waals surface area contributed by atoms with Crippen LogP contribution < -0.4 is 10.1 Å². The average Bonchev–Trinajstić information content (AvgIpc) is 3.39. The minimum absolute atomic E-state index is 0.00521. The molecule has 0 spiro atoms. The van der Waals surface area contributed by atoms with Gasteiger partial charge in [0.1, 0.15) is 0 Å². The molecule has 0 atom stereocenters. The lowest BCUT2D eigenvalue weighted by atomic mass is 9.85. The molecule has 1 saturated heterocycles. The van der Waals surface area contributed by atoms with E-state index in [4.69, 9.17) is 16.3 Å².